The zero-order chi connectivity index (χ0) is 15.2. The van der Waals surface area contributed by atoms with Crippen molar-refractivity contribution in [2.45, 2.75) is 4.90 Å². The summed E-state index contributed by atoms with van der Waals surface area (Å²) < 4.78 is 0. The van der Waals surface area contributed by atoms with Crippen LogP contribution in [-0.2, 0) is 0 Å². The Hall–Kier alpha value is -1.98. The van der Waals surface area contributed by atoms with Crippen LogP contribution in [0.5, 0.6) is 0 Å². The Kier molecular flexibility index (Phi) is 5.25. The highest BCUT2D eigenvalue weighted by Gasteiger charge is 2.21. The van der Waals surface area contributed by atoms with Gasteiger partial charge in [-0.1, -0.05) is 24.3 Å². The third-order valence-corrected chi connectivity index (χ3v) is 3.93. The molecule has 110 valence electrons. The maximum absolute atomic E-state index is 12.8. The molecule has 4 nitrogen and oxygen atoms in total. The molecule has 0 bridgehead atoms. The average molecular weight is 302 g/mol. The van der Waals surface area contributed by atoms with E-state index in [9.17, 15) is 9.90 Å². The molecule has 2 rings (SSSR count). The van der Waals surface area contributed by atoms with Crippen LogP contribution < -0.4 is 10.6 Å². The molecule has 0 aliphatic heterocycles. The molecule has 0 saturated heterocycles. The summed E-state index contributed by atoms with van der Waals surface area (Å²) in [4.78, 5) is 15.2. The molecule has 0 spiro atoms. The molecule has 0 saturated carbocycles. The van der Waals surface area contributed by atoms with E-state index in [-0.39, 0.29) is 19.1 Å². The predicted octanol–water partition coefficient (Wildman–Crippen LogP) is 2.63. The van der Waals surface area contributed by atoms with Crippen molar-refractivity contribution >= 4 is 29.0 Å². The average Bonchev–Trinajstić information content (AvgIpc) is 2.53. The van der Waals surface area contributed by atoms with E-state index < -0.39 is 0 Å². The number of aliphatic hydroxyl groups excluding tert-OH is 1. The normalized spacial score (nSPS) is 10.4. The number of aliphatic hydroxyl groups is 1. The quantitative estimate of drug-likeness (QED) is 0.658. The van der Waals surface area contributed by atoms with E-state index in [4.69, 9.17) is 5.73 Å². The number of hydrogen-bond donors (Lipinski definition) is 2. The number of para-hydroxylation sites is 2. The SMILES string of the molecule is CSc1ccccc1C(=O)N(CCO)c1ccccc1N. The number of benzene rings is 2. The van der Waals surface area contributed by atoms with Gasteiger partial charge in [-0.2, -0.15) is 0 Å². The Bertz CT molecular complexity index is 631. The second-order valence-corrected chi connectivity index (χ2v) is 5.29. The van der Waals surface area contributed by atoms with E-state index in [0.29, 0.717) is 16.9 Å². The summed E-state index contributed by atoms with van der Waals surface area (Å²) in [7, 11) is 0. The van der Waals surface area contributed by atoms with Gasteiger partial charge in [0.15, 0.2) is 0 Å². The summed E-state index contributed by atoms with van der Waals surface area (Å²) in [6.45, 7) is 0.0806. The van der Waals surface area contributed by atoms with Crippen molar-refractivity contribution < 1.29 is 9.90 Å². The van der Waals surface area contributed by atoms with Gasteiger partial charge in [-0.3, -0.25) is 4.79 Å². The van der Waals surface area contributed by atoms with E-state index in [1.165, 1.54) is 16.7 Å². The third-order valence-electron chi connectivity index (χ3n) is 3.13. The summed E-state index contributed by atoms with van der Waals surface area (Å²) in [6, 6.07) is 14.6. The number of amides is 1. The highest BCUT2D eigenvalue weighted by Crippen LogP contribution is 2.27. The second-order valence-electron chi connectivity index (χ2n) is 4.44. The largest absolute Gasteiger partial charge is 0.397 e. The molecule has 21 heavy (non-hydrogen) atoms. The van der Waals surface area contributed by atoms with Crippen molar-refractivity contribution in [2.75, 3.05) is 30.0 Å². The highest BCUT2D eigenvalue weighted by atomic mass is 32.2. The van der Waals surface area contributed by atoms with Gasteiger partial charge in [0.1, 0.15) is 0 Å². The number of anilines is 2. The molecular weight excluding hydrogens is 284 g/mol. The molecule has 0 heterocycles. The van der Waals surface area contributed by atoms with Crippen LogP contribution in [0.1, 0.15) is 10.4 Å². The molecule has 5 heteroatoms. The Labute approximate surface area is 128 Å². The Morgan fingerprint density at radius 2 is 1.86 bits per heavy atom. The molecule has 2 aromatic carbocycles. The smallest absolute Gasteiger partial charge is 0.259 e. The summed E-state index contributed by atoms with van der Waals surface area (Å²) >= 11 is 1.52. The van der Waals surface area contributed by atoms with Crippen molar-refractivity contribution in [3.63, 3.8) is 0 Å². The topological polar surface area (TPSA) is 66.6 Å². The lowest BCUT2D eigenvalue weighted by atomic mass is 10.1. The lowest BCUT2D eigenvalue weighted by Crippen LogP contribution is -2.34. The van der Waals surface area contributed by atoms with E-state index in [0.717, 1.165) is 4.90 Å². The van der Waals surface area contributed by atoms with Crippen LogP contribution in [0.25, 0.3) is 0 Å². The Balaban J connectivity index is 2.43. The monoisotopic (exact) mass is 302 g/mol. The summed E-state index contributed by atoms with van der Waals surface area (Å²) in [5, 5.41) is 9.27. The van der Waals surface area contributed by atoms with Gasteiger partial charge >= 0.3 is 0 Å². The van der Waals surface area contributed by atoms with E-state index in [2.05, 4.69) is 0 Å². The lowest BCUT2D eigenvalue weighted by Gasteiger charge is -2.24. The van der Waals surface area contributed by atoms with Gasteiger partial charge in [0.05, 0.1) is 23.5 Å². The maximum Gasteiger partial charge on any atom is 0.259 e. The zero-order valence-electron chi connectivity index (χ0n) is 11.8. The molecule has 0 atom stereocenters. The van der Waals surface area contributed by atoms with E-state index in [1.54, 1.807) is 18.2 Å². The molecule has 3 N–H and O–H groups in total. The van der Waals surface area contributed by atoms with Gasteiger partial charge in [0.2, 0.25) is 0 Å². The van der Waals surface area contributed by atoms with Gasteiger partial charge in [0, 0.05) is 11.4 Å². The molecule has 2 aromatic rings. The van der Waals surface area contributed by atoms with E-state index >= 15 is 0 Å². The molecule has 1 amide bonds. The lowest BCUT2D eigenvalue weighted by molar-refractivity contribution is 0.0978. The first-order valence-corrected chi connectivity index (χ1v) is 7.81. The van der Waals surface area contributed by atoms with Gasteiger partial charge < -0.3 is 15.7 Å². The fourth-order valence-electron chi connectivity index (χ4n) is 2.13. The van der Waals surface area contributed by atoms with E-state index in [1.807, 2.05) is 36.6 Å². The van der Waals surface area contributed by atoms with Gasteiger partial charge in [-0.25, -0.2) is 0 Å². The van der Waals surface area contributed by atoms with Crippen LogP contribution >= 0.6 is 11.8 Å². The number of nitrogens with two attached hydrogens (primary N) is 1. The summed E-state index contributed by atoms with van der Waals surface area (Å²) in [5.74, 6) is -0.160. The molecule has 0 aromatic heterocycles. The summed E-state index contributed by atoms with van der Waals surface area (Å²) in [6.07, 6.45) is 1.93. The fraction of sp³-hybridized carbons (Fsp3) is 0.188. The number of hydrogen-bond acceptors (Lipinski definition) is 4. The number of carbonyl (C=O) groups is 1. The number of thioether (sulfide) groups is 1. The van der Waals surface area contributed by atoms with Crippen LogP contribution in [0.2, 0.25) is 0 Å². The number of nitrogen functional groups attached to an aromatic ring is 1. The zero-order valence-corrected chi connectivity index (χ0v) is 12.6. The first-order valence-electron chi connectivity index (χ1n) is 6.59. The molecule has 0 aliphatic rings. The number of rotatable bonds is 5. The van der Waals surface area contributed by atoms with Crippen LogP contribution in [-0.4, -0.2) is 30.4 Å². The third kappa shape index (κ3) is 3.37. The summed E-state index contributed by atoms with van der Waals surface area (Å²) in [5.41, 5.74) is 7.70. The minimum Gasteiger partial charge on any atom is -0.397 e. The second kappa shape index (κ2) is 7.15. The van der Waals surface area contributed by atoms with Gasteiger partial charge in [0.25, 0.3) is 5.91 Å². The van der Waals surface area contributed by atoms with Crippen LogP contribution in [0.15, 0.2) is 53.4 Å². The van der Waals surface area contributed by atoms with Crippen molar-refractivity contribution in [1.82, 2.24) is 0 Å². The fourth-order valence-corrected chi connectivity index (χ4v) is 2.72. The molecule has 0 radical (unpaired) electrons. The van der Waals surface area contributed by atoms with Crippen molar-refractivity contribution in [1.29, 1.82) is 0 Å². The van der Waals surface area contributed by atoms with Crippen molar-refractivity contribution in [2.24, 2.45) is 0 Å². The van der Waals surface area contributed by atoms with Crippen LogP contribution in [0.4, 0.5) is 11.4 Å². The number of carbonyl (C=O) groups excluding carboxylic acids is 1. The Morgan fingerprint density at radius 3 is 2.52 bits per heavy atom. The molecule has 0 aliphatic carbocycles. The Morgan fingerprint density at radius 1 is 1.19 bits per heavy atom. The van der Waals surface area contributed by atoms with Crippen molar-refractivity contribution in [3.05, 3.63) is 54.1 Å². The number of nitrogens with zero attached hydrogens (tertiary/aromatic N) is 1. The molecule has 0 fully saturated rings. The first kappa shape index (κ1) is 15.4. The molecular formula is C16H18N2O2S. The van der Waals surface area contributed by atoms with Crippen LogP contribution in [0, 0.1) is 0 Å². The first-order chi connectivity index (χ1) is 10.2. The van der Waals surface area contributed by atoms with Crippen LogP contribution in [0.3, 0.4) is 0 Å². The standard InChI is InChI=1S/C16H18N2O2S/c1-21-15-9-5-2-6-12(15)16(20)18(10-11-19)14-8-4-3-7-13(14)17/h2-9,19H,10-11,17H2,1H3. The minimum atomic E-state index is -0.160. The maximum atomic E-state index is 12.8. The predicted molar refractivity (Wildman–Crippen MR) is 87.8 cm³/mol. The van der Waals surface area contributed by atoms with Gasteiger partial charge in [-0.05, 0) is 30.5 Å². The molecule has 0 unspecified atom stereocenters. The highest BCUT2D eigenvalue weighted by molar-refractivity contribution is 7.98. The van der Waals surface area contributed by atoms with Gasteiger partial charge in [-0.15, -0.1) is 11.8 Å². The van der Waals surface area contributed by atoms with Crippen molar-refractivity contribution in [3.8, 4) is 0 Å². The minimum absolute atomic E-state index is 0.124.